The molecule has 1 aromatic carbocycles. The Hall–Kier alpha value is -3.59. The molecule has 57 heavy (non-hydrogen) atoms. The molecule has 2 aliphatic heterocycles. The van der Waals surface area contributed by atoms with Crippen LogP contribution < -0.4 is 27.1 Å². The minimum absolute atomic E-state index is 0.0126. The van der Waals surface area contributed by atoms with E-state index in [0.29, 0.717) is 23.1 Å². The van der Waals surface area contributed by atoms with Crippen LogP contribution in [-0.4, -0.2) is 88.8 Å². The number of benzene rings is 1. The molecule has 3 aromatic rings. The van der Waals surface area contributed by atoms with Gasteiger partial charge in [-0.1, -0.05) is 19.1 Å². The number of aryl methyl sites for hydroxylation is 1. The number of aliphatic hydroxyl groups is 2. The average molecular weight is 865 g/mol. The molecule has 2 aromatic heterocycles. The Morgan fingerprint density at radius 3 is 2.44 bits per heavy atom. The number of hydrogen-bond donors (Lipinski definition) is 8. The van der Waals surface area contributed by atoms with Gasteiger partial charge in [0.2, 0.25) is 5.91 Å². The summed E-state index contributed by atoms with van der Waals surface area (Å²) in [6.45, 7) is 7.67. The van der Waals surface area contributed by atoms with E-state index in [2.05, 4.69) is 50.2 Å². The number of aliphatic hydroxyl groups excluding tert-OH is 2. The molecule has 2 aliphatic rings. The zero-order chi connectivity index (χ0) is 42.2. The zero-order valence-electron chi connectivity index (χ0n) is 30.9. The maximum atomic E-state index is 12.8. The smallest absolute Gasteiger partial charge is 0.423 e. The highest BCUT2D eigenvalue weighted by atomic mass is 31.3. The number of ether oxygens (including phenoxy) is 1. The fourth-order valence-corrected chi connectivity index (χ4v) is 9.97. The number of nitrogens with zero attached hydrogens (tertiary/aromatic N) is 2. The molecule has 0 bridgehead atoms. The zero-order valence-corrected chi connectivity index (χ0v) is 33.6. The molecule has 0 saturated carbocycles. The van der Waals surface area contributed by atoms with Crippen molar-refractivity contribution in [2.75, 3.05) is 24.6 Å². The second kappa shape index (κ2) is 16.9. The Morgan fingerprint density at radius 2 is 1.75 bits per heavy atom. The summed E-state index contributed by atoms with van der Waals surface area (Å²) in [6.07, 6.45) is -1.97. The normalized spacial score (nSPS) is 24.3. The maximum absolute atomic E-state index is 12.8. The molecule has 314 valence electrons. The first-order chi connectivity index (χ1) is 26.4. The first kappa shape index (κ1) is 44.5. The van der Waals surface area contributed by atoms with Crippen molar-refractivity contribution in [1.29, 1.82) is 0 Å². The number of carbonyl (C=O) groups is 1. The second-order valence-electron chi connectivity index (χ2n) is 14.2. The number of nitrogens with one attached hydrogen (secondary N) is 2. The van der Waals surface area contributed by atoms with Crippen LogP contribution in [0.4, 0.5) is 5.69 Å². The quantitative estimate of drug-likeness (QED) is 0.0795. The number of anilines is 1. The molecule has 4 heterocycles. The molecule has 22 nitrogen and oxygen atoms in total. The highest BCUT2D eigenvalue weighted by molar-refractivity contribution is 7.66. The van der Waals surface area contributed by atoms with Crippen LogP contribution in [0.1, 0.15) is 68.9 Å². The third-order valence-corrected chi connectivity index (χ3v) is 13.2. The minimum Gasteiger partial charge on any atom is -0.423 e. The van der Waals surface area contributed by atoms with Crippen molar-refractivity contribution in [3.05, 3.63) is 78.4 Å². The molecule has 0 spiro atoms. The van der Waals surface area contributed by atoms with Crippen LogP contribution >= 0.6 is 23.5 Å². The number of phosphoric ester groups is 1. The van der Waals surface area contributed by atoms with Gasteiger partial charge in [0.15, 0.2) is 6.23 Å². The molecule has 1 saturated heterocycles. The summed E-state index contributed by atoms with van der Waals surface area (Å²) in [6, 6.07) is 5.43. The van der Waals surface area contributed by atoms with Crippen molar-refractivity contribution in [2.24, 2.45) is 0 Å². The number of H-pyrrole nitrogens is 1. The van der Waals surface area contributed by atoms with E-state index in [1.54, 1.807) is 0 Å². The Bertz CT molecular complexity index is 2370. The van der Waals surface area contributed by atoms with E-state index in [0.717, 1.165) is 34.8 Å². The molecule has 7 atom stereocenters. The molecular formula is C32H43N4O18P3. The van der Waals surface area contributed by atoms with Crippen molar-refractivity contribution >= 4 is 52.1 Å². The summed E-state index contributed by atoms with van der Waals surface area (Å²) < 4.78 is 57.7. The Morgan fingerprint density at radius 1 is 1.05 bits per heavy atom. The van der Waals surface area contributed by atoms with E-state index < -0.39 is 71.5 Å². The van der Waals surface area contributed by atoms with E-state index in [1.807, 2.05) is 18.0 Å². The van der Waals surface area contributed by atoms with Gasteiger partial charge in [0.05, 0.1) is 12.2 Å². The molecule has 0 radical (unpaired) electrons. The van der Waals surface area contributed by atoms with E-state index in [9.17, 15) is 52.9 Å². The van der Waals surface area contributed by atoms with Gasteiger partial charge in [-0.05, 0) is 56.7 Å². The van der Waals surface area contributed by atoms with E-state index in [-0.39, 0.29) is 35.9 Å². The first-order valence-corrected chi connectivity index (χ1v) is 21.8. The van der Waals surface area contributed by atoms with Gasteiger partial charge < -0.3 is 49.2 Å². The fourth-order valence-electron chi connectivity index (χ4n) is 6.94. The summed E-state index contributed by atoms with van der Waals surface area (Å²) in [7, 11) is -17.1. The molecule has 1 fully saturated rings. The number of amides is 1. The van der Waals surface area contributed by atoms with Crippen molar-refractivity contribution in [3.8, 4) is 0 Å². The first-order valence-electron chi connectivity index (χ1n) is 17.3. The Labute approximate surface area is 323 Å². The second-order valence-corrected chi connectivity index (χ2v) is 18.6. The standard InChI is InChI=1S/C32H43N4O18P3/c1-17-11-26(38)51-23-13-22-20(12-21(17)23)18(2)14-32(3,4)36(22)10-6-8-25(37)33-9-5-7-19-15-35(31(42)34-29(19)41)30-28(40)27(39)24(52-30)16-50-56(46,47)54-57(48,49)53-55(43,44)45/h5,7,11-13,15,18,24,27-28,30,39-40H,6,8-10,14,16H2,1-4H3,(H,33,37)(H,46,47)(H,48,49)(H,34,41,42)(H2,43,44,45)/b7-5+/t18?,24-,27-,28-,30-/m1/s1. The monoisotopic (exact) mass is 864 g/mol. The Kier molecular flexibility index (Phi) is 13.2. The Balaban J connectivity index is 1.17. The summed E-state index contributed by atoms with van der Waals surface area (Å²) in [5.41, 5.74) is 0.647. The van der Waals surface area contributed by atoms with Gasteiger partial charge in [0, 0.05) is 54.5 Å². The van der Waals surface area contributed by atoms with Crippen LogP contribution in [0.15, 0.2) is 49.3 Å². The highest BCUT2D eigenvalue weighted by Gasteiger charge is 2.47. The van der Waals surface area contributed by atoms with Crippen LogP contribution in [0.2, 0.25) is 0 Å². The van der Waals surface area contributed by atoms with E-state index in [1.165, 1.54) is 18.2 Å². The van der Waals surface area contributed by atoms with Crippen LogP contribution in [0.3, 0.4) is 0 Å². The SMILES string of the molecule is Cc1cc(=O)oc2cc3c(cc12)C(C)CC(C)(C)N3CCCC(=O)NC/C=C/c1cn([C@@H]2O[C@H](COP(=O)(O)OP(=O)(O)OP(=O)(O)O)[C@@H](O)[C@H]2O)c(=O)[nH]c1=O. The van der Waals surface area contributed by atoms with Crippen molar-refractivity contribution in [1.82, 2.24) is 14.9 Å². The maximum Gasteiger partial charge on any atom is 0.490 e. The number of aromatic nitrogens is 2. The molecule has 0 aliphatic carbocycles. The van der Waals surface area contributed by atoms with Gasteiger partial charge in [-0.3, -0.25) is 23.7 Å². The summed E-state index contributed by atoms with van der Waals surface area (Å²) in [5, 5.41) is 24.6. The predicted molar refractivity (Wildman–Crippen MR) is 200 cm³/mol. The molecule has 3 unspecified atom stereocenters. The lowest BCUT2D eigenvalue weighted by atomic mass is 9.79. The summed E-state index contributed by atoms with van der Waals surface area (Å²) in [4.78, 5) is 90.5. The number of carbonyl (C=O) groups excluding carboxylic acids is 1. The number of aromatic amines is 1. The molecule has 25 heteroatoms. The van der Waals surface area contributed by atoms with Crippen molar-refractivity contribution in [2.45, 2.75) is 83.0 Å². The third kappa shape index (κ3) is 10.9. The largest absolute Gasteiger partial charge is 0.490 e. The van der Waals surface area contributed by atoms with Crippen LogP contribution in [-0.2, 0) is 36.4 Å². The lowest BCUT2D eigenvalue weighted by Gasteiger charge is -2.47. The molecular weight excluding hydrogens is 821 g/mol. The summed E-state index contributed by atoms with van der Waals surface area (Å²) in [5.74, 6) is -0.0288. The topological polar surface area (TPSA) is 327 Å². The third-order valence-electron chi connectivity index (χ3n) is 9.38. The van der Waals surface area contributed by atoms with Crippen molar-refractivity contribution < 1.29 is 70.6 Å². The number of phosphoric acid groups is 3. The summed E-state index contributed by atoms with van der Waals surface area (Å²) >= 11 is 0. The van der Waals surface area contributed by atoms with Gasteiger partial charge in [0.25, 0.3) is 5.56 Å². The minimum atomic E-state index is -5.83. The molecule has 8 N–H and O–H groups in total. The predicted octanol–water partition coefficient (Wildman–Crippen LogP) is 1.62. The van der Waals surface area contributed by atoms with Crippen LogP contribution in [0.5, 0.6) is 0 Å². The fraction of sp³-hybridized carbons (Fsp3) is 0.500. The van der Waals surface area contributed by atoms with Gasteiger partial charge in [-0.15, -0.1) is 0 Å². The average Bonchev–Trinajstić information content (AvgIpc) is 3.34. The van der Waals surface area contributed by atoms with E-state index >= 15 is 0 Å². The lowest BCUT2D eigenvalue weighted by molar-refractivity contribution is -0.120. The van der Waals surface area contributed by atoms with Gasteiger partial charge in [-0.25, -0.2) is 23.3 Å². The van der Waals surface area contributed by atoms with Crippen molar-refractivity contribution in [3.63, 3.8) is 0 Å². The van der Waals surface area contributed by atoms with Gasteiger partial charge in [-0.2, -0.15) is 8.62 Å². The molecule has 5 rings (SSSR count). The van der Waals surface area contributed by atoms with Gasteiger partial charge >= 0.3 is 34.8 Å². The number of hydrogen-bond acceptors (Lipinski definition) is 15. The van der Waals surface area contributed by atoms with Crippen LogP contribution in [0.25, 0.3) is 17.0 Å². The van der Waals surface area contributed by atoms with Gasteiger partial charge in [0.1, 0.15) is 23.9 Å². The molecule has 1 amide bonds. The number of fused-ring (bicyclic) bond motifs is 2. The van der Waals surface area contributed by atoms with Crippen LogP contribution in [0, 0.1) is 6.92 Å². The lowest BCUT2D eigenvalue weighted by Crippen LogP contribution is -2.49. The van der Waals surface area contributed by atoms with E-state index in [4.69, 9.17) is 18.9 Å². The highest BCUT2D eigenvalue weighted by Crippen LogP contribution is 2.66. The number of rotatable bonds is 15.